The first-order chi connectivity index (χ1) is 13.3. The largest absolute Gasteiger partial charge is 0.476 e. The minimum Gasteiger partial charge on any atom is -0.476 e. The van der Waals surface area contributed by atoms with Crippen molar-refractivity contribution in [2.45, 2.75) is 32.2 Å². The van der Waals surface area contributed by atoms with E-state index in [2.05, 4.69) is 15.3 Å². The number of halogens is 1. The van der Waals surface area contributed by atoms with Gasteiger partial charge >= 0.3 is 5.97 Å². The van der Waals surface area contributed by atoms with Crippen LogP contribution in [0.5, 0.6) is 5.88 Å². The van der Waals surface area contributed by atoms with Crippen molar-refractivity contribution in [2.75, 3.05) is 13.7 Å². The Balaban J connectivity index is 1.89. The predicted octanol–water partition coefficient (Wildman–Crippen LogP) is 3.27. The Bertz CT molecular complexity index is 880. The molecule has 2 aromatic rings. The number of methoxy groups -OCH3 is 1. The molecule has 148 valence electrons. The van der Waals surface area contributed by atoms with Gasteiger partial charge in [-0.2, -0.15) is 0 Å². The van der Waals surface area contributed by atoms with Crippen molar-refractivity contribution in [1.29, 1.82) is 0 Å². The number of amides is 1. The van der Waals surface area contributed by atoms with Crippen LogP contribution < -0.4 is 10.1 Å². The highest BCUT2D eigenvalue weighted by molar-refractivity contribution is 6.30. The molecule has 1 aliphatic rings. The van der Waals surface area contributed by atoms with Crippen LogP contribution in [0.4, 0.5) is 0 Å². The van der Waals surface area contributed by atoms with Gasteiger partial charge < -0.3 is 14.8 Å². The van der Waals surface area contributed by atoms with E-state index in [1.807, 2.05) is 0 Å². The van der Waals surface area contributed by atoms with Gasteiger partial charge in [0.25, 0.3) is 5.91 Å². The van der Waals surface area contributed by atoms with Gasteiger partial charge in [0.1, 0.15) is 16.9 Å². The third-order valence-electron chi connectivity index (χ3n) is 4.36. The van der Waals surface area contributed by atoms with E-state index < -0.39 is 17.4 Å². The Hall–Kier alpha value is -2.67. The summed E-state index contributed by atoms with van der Waals surface area (Å²) in [5, 5.41) is 3.20. The van der Waals surface area contributed by atoms with Crippen LogP contribution in [0.15, 0.2) is 30.5 Å². The molecule has 0 unspecified atom stereocenters. The van der Waals surface area contributed by atoms with Gasteiger partial charge in [-0.3, -0.25) is 4.79 Å². The van der Waals surface area contributed by atoms with Crippen LogP contribution in [0, 0.1) is 5.92 Å². The van der Waals surface area contributed by atoms with Crippen molar-refractivity contribution >= 4 is 23.5 Å². The summed E-state index contributed by atoms with van der Waals surface area (Å²) in [4.78, 5) is 33.2. The van der Waals surface area contributed by atoms with Crippen molar-refractivity contribution in [2.24, 2.45) is 5.92 Å². The summed E-state index contributed by atoms with van der Waals surface area (Å²) in [5.74, 6) is -0.190. The Morgan fingerprint density at radius 1 is 1.25 bits per heavy atom. The lowest BCUT2D eigenvalue weighted by molar-refractivity contribution is -0.146. The third-order valence-corrected chi connectivity index (χ3v) is 4.62. The fourth-order valence-corrected chi connectivity index (χ4v) is 2.65. The molecule has 1 fully saturated rings. The molecule has 1 aromatic heterocycles. The third kappa shape index (κ3) is 4.78. The number of esters is 1. The highest BCUT2D eigenvalue weighted by atomic mass is 35.5. The molecule has 0 atom stereocenters. The van der Waals surface area contributed by atoms with Gasteiger partial charge in [-0.25, -0.2) is 14.8 Å². The quantitative estimate of drug-likeness (QED) is 0.713. The smallest absolute Gasteiger partial charge is 0.330 e. The van der Waals surface area contributed by atoms with Crippen molar-refractivity contribution in [3.8, 4) is 17.1 Å². The number of hydrogen-bond donors (Lipinski definition) is 1. The summed E-state index contributed by atoms with van der Waals surface area (Å²) < 4.78 is 10.5. The number of rotatable bonds is 7. The molecule has 1 heterocycles. The molecule has 1 aromatic carbocycles. The van der Waals surface area contributed by atoms with E-state index in [9.17, 15) is 9.59 Å². The number of nitrogens with one attached hydrogen (secondary N) is 1. The molecule has 0 saturated heterocycles. The number of aromatic nitrogens is 2. The van der Waals surface area contributed by atoms with Crippen LogP contribution in [-0.4, -0.2) is 41.1 Å². The minimum atomic E-state index is -1.20. The van der Waals surface area contributed by atoms with Crippen LogP contribution in [-0.2, 0) is 9.53 Å². The Morgan fingerprint density at radius 3 is 2.54 bits per heavy atom. The number of ether oxygens (including phenoxy) is 2. The maximum atomic E-state index is 12.6. The van der Waals surface area contributed by atoms with E-state index in [1.165, 1.54) is 13.3 Å². The Labute approximate surface area is 168 Å². The Kier molecular flexibility index (Phi) is 5.84. The molecule has 1 aliphatic carbocycles. The van der Waals surface area contributed by atoms with E-state index in [-0.39, 0.29) is 5.69 Å². The fourth-order valence-electron chi connectivity index (χ4n) is 2.52. The Morgan fingerprint density at radius 2 is 1.93 bits per heavy atom. The highest BCUT2D eigenvalue weighted by Gasteiger charge is 2.31. The van der Waals surface area contributed by atoms with Gasteiger partial charge in [-0.15, -0.1) is 0 Å². The fraction of sp³-hybridized carbons (Fsp3) is 0.400. The van der Waals surface area contributed by atoms with Gasteiger partial charge in [0.2, 0.25) is 5.88 Å². The molecule has 1 saturated carbocycles. The zero-order valence-corrected chi connectivity index (χ0v) is 16.7. The lowest BCUT2D eigenvalue weighted by Gasteiger charge is -2.22. The van der Waals surface area contributed by atoms with Crippen LogP contribution in [0.3, 0.4) is 0 Å². The molecule has 3 rings (SSSR count). The maximum Gasteiger partial charge on any atom is 0.330 e. The molecule has 7 nitrogen and oxygen atoms in total. The van der Waals surface area contributed by atoms with Crippen molar-refractivity contribution in [1.82, 2.24) is 15.3 Å². The van der Waals surface area contributed by atoms with Gasteiger partial charge in [0.15, 0.2) is 0 Å². The average Bonchev–Trinajstić information content (AvgIpc) is 3.50. The molecule has 0 bridgehead atoms. The monoisotopic (exact) mass is 403 g/mol. The summed E-state index contributed by atoms with van der Waals surface area (Å²) in [7, 11) is 1.26. The second kappa shape index (κ2) is 8.14. The molecule has 1 amide bonds. The first kappa shape index (κ1) is 20.1. The molecule has 8 heteroatoms. The summed E-state index contributed by atoms with van der Waals surface area (Å²) in [6, 6.07) is 7.04. The lowest BCUT2D eigenvalue weighted by atomic mass is 10.1. The van der Waals surface area contributed by atoms with Crippen LogP contribution in [0.2, 0.25) is 5.02 Å². The highest BCUT2D eigenvalue weighted by Crippen LogP contribution is 2.32. The van der Waals surface area contributed by atoms with E-state index in [0.29, 0.717) is 29.1 Å². The number of carbonyl (C=O) groups excluding carboxylic acids is 2. The van der Waals surface area contributed by atoms with E-state index >= 15 is 0 Å². The maximum absolute atomic E-state index is 12.6. The lowest BCUT2D eigenvalue weighted by Crippen LogP contribution is -2.50. The van der Waals surface area contributed by atoms with Crippen molar-refractivity contribution in [3.63, 3.8) is 0 Å². The van der Waals surface area contributed by atoms with Crippen LogP contribution in [0.25, 0.3) is 11.3 Å². The molecule has 0 radical (unpaired) electrons. The average molecular weight is 404 g/mol. The predicted molar refractivity (Wildman–Crippen MR) is 104 cm³/mol. The van der Waals surface area contributed by atoms with Crippen LogP contribution in [0.1, 0.15) is 37.2 Å². The second-order valence-electron chi connectivity index (χ2n) is 7.24. The van der Waals surface area contributed by atoms with Crippen molar-refractivity contribution < 1.29 is 19.1 Å². The second-order valence-corrected chi connectivity index (χ2v) is 7.68. The van der Waals surface area contributed by atoms with Crippen molar-refractivity contribution in [3.05, 3.63) is 41.2 Å². The van der Waals surface area contributed by atoms with Crippen LogP contribution >= 0.6 is 11.6 Å². The molecular formula is C20H22ClN3O4. The minimum absolute atomic E-state index is 0.0701. The van der Waals surface area contributed by atoms with Gasteiger partial charge in [-0.05, 0) is 44.7 Å². The van der Waals surface area contributed by atoms with Gasteiger partial charge in [-0.1, -0.05) is 23.7 Å². The first-order valence-electron chi connectivity index (χ1n) is 8.97. The summed E-state index contributed by atoms with van der Waals surface area (Å²) in [6.45, 7) is 3.67. The SMILES string of the molecule is COC(=O)C(C)(C)NC(=O)c1cnc(OCC2CC2)c(-c2ccc(Cl)cc2)n1. The van der Waals surface area contributed by atoms with Gasteiger partial charge in [0, 0.05) is 10.6 Å². The normalized spacial score (nSPS) is 13.7. The summed E-state index contributed by atoms with van der Waals surface area (Å²) in [5.41, 5.74) is 0.0425. The first-order valence-corrected chi connectivity index (χ1v) is 9.34. The molecule has 28 heavy (non-hydrogen) atoms. The zero-order valence-electron chi connectivity index (χ0n) is 16.0. The number of benzene rings is 1. The standard InChI is InChI=1S/C20H22ClN3O4/c1-20(2,19(26)27-3)24-17(25)15-10-22-18(28-11-12-4-5-12)16(23-15)13-6-8-14(21)9-7-13/h6-10,12H,4-5,11H2,1-3H3,(H,24,25). The van der Waals surface area contributed by atoms with E-state index in [1.54, 1.807) is 38.1 Å². The van der Waals surface area contributed by atoms with Gasteiger partial charge in [0.05, 0.1) is 19.9 Å². The topological polar surface area (TPSA) is 90.4 Å². The summed E-state index contributed by atoms with van der Waals surface area (Å²) in [6.07, 6.45) is 3.63. The molecule has 0 aliphatic heterocycles. The van der Waals surface area contributed by atoms with E-state index in [4.69, 9.17) is 21.1 Å². The van der Waals surface area contributed by atoms with E-state index in [0.717, 1.165) is 18.4 Å². The number of carbonyl (C=O) groups is 2. The zero-order chi connectivity index (χ0) is 20.3. The summed E-state index contributed by atoms with van der Waals surface area (Å²) >= 11 is 5.97. The molecule has 1 N–H and O–H groups in total. The number of nitrogens with zero attached hydrogens (tertiary/aromatic N) is 2. The molecule has 0 spiro atoms. The number of hydrogen-bond acceptors (Lipinski definition) is 6. The molecular weight excluding hydrogens is 382 g/mol.